The van der Waals surface area contributed by atoms with Gasteiger partial charge < -0.3 is 19.7 Å². The predicted molar refractivity (Wildman–Crippen MR) is 146 cm³/mol. The zero-order chi connectivity index (χ0) is 27.8. The molecule has 8 heteroatoms. The number of benzene rings is 1. The van der Waals surface area contributed by atoms with Gasteiger partial charge in [-0.3, -0.25) is 14.7 Å². The number of carbonyl (C=O) groups excluding carboxylic acids is 1. The van der Waals surface area contributed by atoms with E-state index >= 15 is 0 Å². The zero-order valence-electron chi connectivity index (χ0n) is 23.1. The third-order valence-electron chi connectivity index (χ3n) is 6.74. The molecule has 1 fully saturated rings. The Morgan fingerprint density at radius 1 is 1.11 bits per heavy atom. The molecule has 7 nitrogen and oxygen atoms in total. The minimum absolute atomic E-state index is 0.00731. The van der Waals surface area contributed by atoms with E-state index in [2.05, 4.69) is 37.3 Å². The molecule has 38 heavy (non-hydrogen) atoms. The molecule has 3 rings (SSSR count). The van der Waals surface area contributed by atoms with E-state index in [0.29, 0.717) is 19.8 Å². The normalized spacial score (nSPS) is 16.4. The molecule has 1 aromatic carbocycles. The molecule has 2 heterocycles. The number of aromatic nitrogens is 1. The maximum Gasteiger partial charge on any atom is 0.308 e. The number of esters is 1. The fourth-order valence-electron chi connectivity index (χ4n) is 4.78. The molecule has 0 amide bonds. The van der Waals surface area contributed by atoms with Crippen LogP contribution in [-0.2, 0) is 20.8 Å². The summed E-state index contributed by atoms with van der Waals surface area (Å²) >= 11 is 0. The Balaban J connectivity index is 2.14. The molecule has 0 saturated carbocycles. The predicted octanol–water partition coefficient (Wildman–Crippen LogP) is 4.65. The van der Waals surface area contributed by atoms with Gasteiger partial charge in [-0.15, -0.1) is 0 Å². The van der Waals surface area contributed by atoms with Crippen molar-refractivity contribution in [2.45, 2.75) is 71.1 Å². The van der Waals surface area contributed by atoms with Gasteiger partial charge in [-0.1, -0.05) is 52.0 Å². The van der Waals surface area contributed by atoms with E-state index in [1.165, 1.54) is 19.2 Å². The summed E-state index contributed by atoms with van der Waals surface area (Å²) in [6.07, 6.45) is 1.28. The summed E-state index contributed by atoms with van der Waals surface area (Å²) in [5, 5.41) is 20.9. The van der Waals surface area contributed by atoms with Crippen LogP contribution in [0.4, 0.5) is 4.39 Å². The number of methoxy groups -OCH3 is 1. The van der Waals surface area contributed by atoms with Gasteiger partial charge in [-0.2, -0.15) is 0 Å². The van der Waals surface area contributed by atoms with Crippen LogP contribution < -0.4 is 0 Å². The summed E-state index contributed by atoms with van der Waals surface area (Å²) in [5.41, 5.74) is 5.68. The molecular formula is C30H41FN2O5. The van der Waals surface area contributed by atoms with E-state index in [9.17, 15) is 19.4 Å². The monoisotopic (exact) mass is 528 g/mol. The highest BCUT2D eigenvalue weighted by molar-refractivity contribution is 5.80. The van der Waals surface area contributed by atoms with Crippen LogP contribution in [0.25, 0.3) is 17.2 Å². The molecule has 1 aliphatic rings. The number of pyridine rings is 1. The Labute approximate surface area is 225 Å². The lowest BCUT2D eigenvalue weighted by Gasteiger charge is -2.30. The molecule has 1 saturated heterocycles. The fourth-order valence-corrected chi connectivity index (χ4v) is 4.78. The number of hydrogen-bond acceptors (Lipinski definition) is 7. The number of rotatable bonds is 11. The Kier molecular flexibility index (Phi) is 11.0. The SMILES string of the molecule is COC(=O)CC(O)CC(O)C=Cc1c(C(C)C)nc(C(C)C)c(CN2CCOCC2)c1-c1ccc(F)cc1. The summed E-state index contributed by atoms with van der Waals surface area (Å²) < 4.78 is 24.1. The van der Waals surface area contributed by atoms with Crippen molar-refractivity contribution in [2.24, 2.45) is 0 Å². The van der Waals surface area contributed by atoms with Crippen LogP contribution >= 0.6 is 0 Å². The lowest BCUT2D eigenvalue weighted by molar-refractivity contribution is -0.143. The van der Waals surface area contributed by atoms with Crippen molar-refractivity contribution in [3.63, 3.8) is 0 Å². The molecule has 1 aliphatic heterocycles. The second-order valence-corrected chi connectivity index (χ2v) is 10.5. The number of aliphatic hydroxyl groups excluding tert-OH is 2. The highest BCUT2D eigenvalue weighted by atomic mass is 19.1. The van der Waals surface area contributed by atoms with Gasteiger partial charge in [0.2, 0.25) is 0 Å². The molecule has 2 N–H and O–H groups in total. The Bertz CT molecular complexity index is 1090. The van der Waals surface area contributed by atoms with Crippen molar-refractivity contribution in [3.05, 3.63) is 58.7 Å². The minimum Gasteiger partial charge on any atom is -0.469 e. The highest BCUT2D eigenvalue weighted by Gasteiger charge is 2.25. The third kappa shape index (κ3) is 7.93. The van der Waals surface area contributed by atoms with Crippen LogP contribution in [0.15, 0.2) is 30.3 Å². The van der Waals surface area contributed by atoms with Crippen LogP contribution in [0.3, 0.4) is 0 Å². The molecule has 2 unspecified atom stereocenters. The van der Waals surface area contributed by atoms with Gasteiger partial charge in [0.1, 0.15) is 5.82 Å². The molecule has 0 bridgehead atoms. The Morgan fingerprint density at radius 2 is 1.74 bits per heavy atom. The van der Waals surface area contributed by atoms with Gasteiger partial charge in [0.05, 0.1) is 44.6 Å². The maximum atomic E-state index is 13.9. The number of carbonyl (C=O) groups is 1. The van der Waals surface area contributed by atoms with Gasteiger partial charge in [-0.05, 0) is 40.7 Å². The first-order valence-corrected chi connectivity index (χ1v) is 13.3. The smallest absolute Gasteiger partial charge is 0.308 e. The zero-order valence-corrected chi connectivity index (χ0v) is 23.1. The third-order valence-corrected chi connectivity index (χ3v) is 6.74. The van der Waals surface area contributed by atoms with Crippen molar-refractivity contribution >= 4 is 12.0 Å². The van der Waals surface area contributed by atoms with Crippen molar-refractivity contribution in [3.8, 4) is 11.1 Å². The maximum absolute atomic E-state index is 13.9. The summed E-state index contributed by atoms with van der Waals surface area (Å²) in [4.78, 5) is 19.0. The molecule has 208 valence electrons. The summed E-state index contributed by atoms with van der Waals surface area (Å²) in [5.74, 6) is -0.584. The molecule has 2 atom stereocenters. The van der Waals surface area contributed by atoms with E-state index in [1.54, 1.807) is 18.2 Å². The first kappa shape index (κ1) is 29.9. The van der Waals surface area contributed by atoms with E-state index in [-0.39, 0.29) is 30.5 Å². The number of halogens is 1. The topological polar surface area (TPSA) is 92.1 Å². The van der Waals surface area contributed by atoms with Gasteiger partial charge in [0.25, 0.3) is 0 Å². The number of hydrogen-bond donors (Lipinski definition) is 2. The summed E-state index contributed by atoms with van der Waals surface area (Å²) in [6.45, 7) is 12.1. The fraction of sp³-hybridized carbons (Fsp3) is 0.533. The second-order valence-electron chi connectivity index (χ2n) is 10.5. The second kappa shape index (κ2) is 13.9. The van der Waals surface area contributed by atoms with Gasteiger partial charge in [0, 0.05) is 37.3 Å². The summed E-state index contributed by atoms with van der Waals surface area (Å²) in [6, 6.07) is 6.50. The van der Waals surface area contributed by atoms with Crippen molar-refractivity contribution in [2.75, 3.05) is 33.4 Å². The average Bonchev–Trinajstić information content (AvgIpc) is 2.88. The largest absolute Gasteiger partial charge is 0.469 e. The van der Waals surface area contributed by atoms with Crippen molar-refractivity contribution in [1.29, 1.82) is 0 Å². The number of ether oxygens (including phenoxy) is 2. The molecule has 0 spiro atoms. The van der Waals surface area contributed by atoms with Crippen LogP contribution in [-0.4, -0.2) is 71.7 Å². The molecule has 1 aromatic heterocycles. The van der Waals surface area contributed by atoms with Crippen molar-refractivity contribution < 1.29 is 28.9 Å². The quantitative estimate of drug-likeness (QED) is 0.410. The van der Waals surface area contributed by atoms with Gasteiger partial charge in [0.15, 0.2) is 0 Å². The lowest BCUT2D eigenvalue weighted by Crippen LogP contribution is -2.36. The first-order chi connectivity index (χ1) is 18.1. The van der Waals surface area contributed by atoms with Crippen molar-refractivity contribution in [1.82, 2.24) is 9.88 Å². The van der Waals surface area contributed by atoms with Crippen LogP contribution in [0.2, 0.25) is 0 Å². The lowest BCUT2D eigenvalue weighted by atomic mass is 9.86. The van der Waals surface area contributed by atoms with Crippen LogP contribution in [0.1, 0.15) is 74.9 Å². The molecular weight excluding hydrogens is 487 g/mol. The number of aliphatic hydroxyl groups is 2. The molecule has 0 radical (unpaired) electrons. The Morgan fingerprint density at radius 3 is 2.32 bits per heavy atom. The first-order valence-electron chi connectivity index (χ1n) is 13.3. The number of morpholine rings is 1. The van der Waals surface area contributed by atoms with E-state index in [1.807, 2.05) is 6.08 Å². The highest BCUT2D eigenvalue weighted by Crippen LogP contribution is 2.38. The molecule has 2 aromatic rings. The van der Waals surface area contributed by atoms with Crippen LogP contribution in [0, 0.1) is 5.82 Å². The van der Waals surface area contributed by atoms with Gasteiger partial charge >= 0.3 is 5.97 Å². The van der Waals surface area contributed by atoms with Gasteiger partial charge in [-0.25, -0.2) is 4.39 Å². The summed E-state index contributed by atoms with van der Waals surface area (Å²) in [7, 11) is 1.26. The molecule has 0 aliphatic carbocycles. The minimum atomic E-state index is -1.03. The Hall–Kier alpha value is -2.65. The van der Waals surface area contributed by atoms with E-state index < -0.39 is 18.2 Å². The van der Waals surface area contributed by atoms with E-state index in [0.717, 1.165) is 46.7 Å². The standard InChI is InChI=1S/C30H41FN2O5/c1-19(2)29-25(11-10-23(34)16-24(35)17-27(36)37-5)28(21-6-8-22(31)9-7-21)26(30(32-29)20(3)4)18-33-12-14-38-15-13-33/h6-11,19-20,23-24,34-35H,12-18H2,1-5H3. The number of nitrogens with zero attached hydrogens (tertiary/aromatic N) is 2. The van der Waals surface area contributed by atoms with E-state index in [4.69, 9.17) is 9.72 Å². The average molecular weight is 529 g/mol. The van der Waals surface area contributed by atoms with Crippen LogP contribution in [0.5, 0.6) is 0 Å².